The summed E-state index contributed by atoms with van der Waals surface area (Å²) in [6.07, 6.45) is 7.89. The minimum absolute atomic E-state index is 0.774. The molecule has 1 aromatic rings. The summed E-state index contributed by atoms with van der Waals surface area (Å²) in [5, 5.41) is 6.84. The van der Waals surface area contributed by atoms with Crippen LogP contribution in [0.3, 0.4) is 0 Å². The highest BCUT2D eigenvalue weighted by Gasteiger charge is 2.11. The van der Waals surface area contributed by atoms with Gasteiger partial charge in [-0.05, 0) is 38.4 Å². The monoisotopic (exact) mass is 206 g/mol. The second kappa shape index (κ2) is 5.78. The summed E-state index contributed by atoms with van der Waals surface area (Å²) >= 11 is 0. The molecule has 4 heteroatoms. The smallest absolute Gasteiger partial charge is 0.0724 e. The number of nitrogens with one attached hydrogen (secondary N) is 2. The minimum atomic E-state index is 0.774. The lowest BCUT2D eigenvalue weighted by Crippen LogP contribution is -2.35. The van der Waals surface area contributed by atoms with Gasteiger partial charge in [0.2, 0.25) is 0 Å². The standard InChI is InChI=1S/C11H18N4/c1-2-10(6-12-3-1)7-14-9-11-8-13-4-5-15-11/h4-5,8,10,12,14H,1-3,6-7,9H2/t10-/m0/s1. The van der Waals surface area contributed by atoms with Crippen molar-refractivity contribution in [3.63, 3.8) is 0 Å². The Kier molecular flexibility index (Phi) is 4.05. The Bertz CT molecular complexity index is 269. The molecule has 0 unspecified atom stereocenters. The second-order valence-corrected chi connectivity index (χ2v) is 4.04. The van der Waals surface area contributed by atoms with Crippen molar-refractivity contribution in [2.75, 3.05) is 19.6 Å². The summed E-state index contributed by atoms with van der Waals surface area (Å²) in [6, 6.07) is 0. The third-order valence-corrected chi connectivity index (χ3v) is 2.75. The van der Waals surface area contributed by atoms with E-state index in [4.69, 9.17) is 0 Å². The number of hydrogen-bond donors (Lipinski definition) is 2. The van der Waals surface area contributed by atoms with Crippen molar-refractivity contribution in [2.45, 2.75) is 19.4 Å². The van der Waals surface area contributed by atoms with E-state index in [9.17, 15) is 0 Å². The van der Waals surface area contributed by atoms with Crippen molar-refractivity contribution in [3.8, 4) is 0 Å². The number of aromatic nitrogens is 2. The molecule has 2 heterocycles. The fourth-order valence-corrected chi connectivity index (χ4v) is 1.92. The molecule has 0 saturated carbocycles. The Hall–Kier alpha value is -1.00. The summed E-state index contributed by atoms with van der Waals surface area (Å²) in [7, 11) is 0. The number of rotatable bonds is 4. The van der Waals surface area contributed by atoms with Crippen molar-refractivity contribution in [3.05, 3.63) is 24.3 Å². The van der Waals surface area contributed by atoms with Crippen LogP contribution in [0.25, 0.3) is 0 Å². The molecule has 82 valence electrons. The van der Waals surface area contributed by atoms with Crippen molar-refractivity contribution in [2.24, 2.45) is 5.92 Å². The molecule has 1 aliphatic rings. The highest BCUT2D eigenvalue weighted by molar-refractivity contribution is 4.93. The van der Waals surface area contributed by atoms with E-state index in [1.54, 1.807) is 12.4 Å². The molecule has 15 heavy (non-hydrogen) atoms. The molecule has 2 N–H and O–H groups in total. The minimum Gasteiger partial charge on any atom is -0.316 e. The van der Waals surface area contributed by atoms with Crippen LogP contribution in [0.4, 0.5) is 0 Å². The highest BCUT2D eigenvalue weighted by Crippen LogP contribution is 2.08. The van der Waals surface area contributed by atoms with Gasteiger partial charge in [-0.25, -0.2) is 0 Å². The molecule has 0 amide bonds. The van der Waals surface area contributed by atoms with Crippen molar-refractivity contribution in [1.82, 2.24) is 20.6 Å². The molecular formula is C11H18N4. The van der Waals surface area contributed by atoms with Crippen LogP contribution in [0, 0.1) is 5.92 Å². The summed E-state index contributed by atoms with van der Waals surface area (Å²) in [4.78, 5) is 8.26. The maximum atomic E-state index is 4.22. The van der Waals surface area contributed by atoms with Gasteiger partial charge in [-0.15, -0.1) is 0 Å². The molecule has 0 bridgehead atoms. The Morgan fingerprint density at radius 1 is 1.47 bits per heavy atom. The molecule has 1 aromatic heterocycles. The van der Waals surface area contributed by atoms with Gasteiger partial charge in [0.1, 0.15) is 0 Å². The molecular weight excluding hydrogens is 188 g/mol. The summed E-state index contributed by atoms with van der Waals surface area (Å²) in [5.74, 6) is 0.774. The molecule has 1 saturated heterocycles. The predicted octanol–water partition coefficient (Wildman–Crippen LogP) is 0.566. The van der Waals surface area contributed by atoms with Gasteiger partial charge in [-0.2, -0.15) is 0 Å². The first-order chi connectivity index (χ1) is 7.45. The average Bonchev–Trinajstić information content (AvgIpc) is 2.32. The van der Waals surface area contributed by atoms with Crippen molar-refractivity contribution >= 4 is 0 Å². The molecule has 4 nitrogen and oxygen atoms in total. The summed E-state index contributed by atoms with van der Waals surface area (Å²) < 4.78 is 0. The van der Waals surface area contributed by atoms with Crippen LogP contribution in [0.2, 0.25) is 0 Å². The molecule has 0 spiro atoms. The van der Waals surface area contributed by atoms with Gasteiger partial charge in [0, 0.05) is 25.1 Å². The van der Waals surface area contributed by atoms with Gasteiger partial charge in [0.05, 0.1) is 5.69 Å². The quantitative estimate of drug-likeness (QED) is 0.756. The molecule has 0 aliphatic carbocycles. The lowest BCUT2D eigenvalue weighted by molar-refractivity contribution is 0.359. The van der Waals surface area contributed by atoms with E-state index in [0.717, 1.165) is 31.2 Å². The lowest BCUT2D eigenvalue weighted by Gasteiger charge is -2.22. The van der Waals surface area contributed by atoms with E-state index in [0.29, 0.717) is 0 Å². The van der Waals surface area contributed by atoms with Gasteiger partial charge in [-0.1, -0.05) is 0 Å². The SMILES string of the molecule is c1cnc(CNC[C@H]2CCCNC2)cn1. The molecule has 1 aliphatic heterocycles. The van der Waals surface area contributed by atoms with E-state index in [2.05, 4.69) is 20.6 Å². The Morgan fingerprint density at radius 2 is 2.47 bits per heavy atom. The molecule has 0 radical (unpaired) electrons. The van der Waals surface area contributed by atoms with E-state index in [1.807, 2.05) is 6.20 Å². The van der Waals surface area contributed by atoms with Crippen LogP contribution in [0.15, 0.2) is 18.6 Å². The van der Waals surface area contributed by atoms with E-state index < -0.39 is 0 Å². The maximum Gasteiger partial charge on any atom is 0.0724 e. The first-order valence-electron chi connectivity index (χ1n) is 5.61. The second-order valence-electron chi connectivity index (χ2n) is 4.04. The number of piperidine rings is 1. The zero-order valence-electron chi connectivity index (χ0n) is 8.95. The number of nitrogens with zero attached hydrogens (tertiary/aromatic N) is 2. The zero-order valence-corrected chi connectivity index (χ0v) is 8.95. The zero-order chi connectivity index (χ0) is 10.3. The van der Waals surface area contributed by atoms with Crippen LogP contribution in [-0.2, 0) is 6.54 Å². The topological polar surface area (TPSA) is 49.8 Å². The van der Waals surface area contributed by atoms with Crippen LogP contribution >= 0.6 is 0 Å². The van der Waals surface area contributed by atoms with Gasteiger partial charge in [-0.3, -0.25) is 9.97 Å². The van der Waals surface area contributed by atoms with Crippen LogP contribution in [0.1, 0.15) is 18.5 Å². The largest absolute Gasteiger partial charge is 0.316 e. The lowest BCUT2D eigenvalue weighted by atomic mass is 10.00. The Morgan fingerprint density at radius 3 is 3.20 bits per heavy atom. The fourth-order valence-electron chi connectivity index (χ4n) is 1.92. The number of hydrogen-bond acceptors (Lipinski definition) is 4. The van der Waals surface area contributed by atoms with Crippen LogP contribution < -0.4 is 10.6 Å². The van der Waals surface area contributed by atoms with Gasteiger partial charge < -0.3 is 10.6 Å². The van der Waals surface area contributed by atoms with Crippen molar-refractivity contribution in [1.29, 1.82) is 0 Å². The molecule has 1 atom stereocenters. The average molecular weight is 206 g/mol. The van der Waals surface area contributed by atoms with E-state index in [-0.39, 0.29) is 0 Å². The summed E-state index contributed by atoms with van der Waals surface area (Å²) in [6.45, 7) is 4.22. The van der Waals surface area contributed by atoms with Gasteiger partial charge in [0.25, 0.3) is 0 Å². The molecule has 1 fully saturated rings. The third kappa shape index (κ3) is 3.57. The van der Waals surface area contributed by atoms with E-state index in [1.165, 1.54) is 19.4 Å². The first kappa shape index (κ1) is 10.5. The van der Waals surface area contributed by atoms with Gasteiger partial charge >= 0.3 is 0 Å². The normalized spacial score (nSPS) is 21.5. The predicted molar refractivity (Wildman–Crippen MR) is 59.3 cm³/mol. The van der Waals surface area contributed by atoms with Crippen LogP contribution in [-0.4, -0.2) is 29.6 Å². The van der Waals surface area contributed by atoms with Crippen molar-refractivity contribution < 1.29 is 0 Å². The maximum absolute atomic E-state index is 4.22. The fraction of sp³-hybridized carbons (Fsp3) is 0.636. The van der Waals surface area contributed by atoms with Crippen LogP contribution in [0.5, 0.6) is 0 Å². The third-order valence-electron chi connectivity index (χ3n) is 2.75. The Balaban J connectivity index is 1.66. The van der Waals surface area contributed by atoms with E-state index >= 15 is 0 Å². The molecule has 2 rings (SSSR count). The Labute approximate surface area is 90.5 Å². The summed E-state index contributed by atoms with van der Waals surface area (Å²) in [5.41, 5.74) is 1.02. The van der Waals surface area contributed by atoms with Gasteiger partial charge in [0.15, 0.2) is 0 Å². The first-order valence-corrected chi connectivity index (χ1v) is 5.61. The highest BCUT2D eigenvalue weighted by atomic mass is 14.9. The molecule has 0 aromatic carbocycles.